The molecular weight excluding hydrogens is 464 g/mol. The summed E-state index contributed by atoms with van der Waals surface area (Å²) in [6.45, 7) is 13.2. The summed E-state index contributed by atoms with van der Waals surface area (Å²) in [4.78, 5) is 23.7. The first-order valence-electron chi connectivity index (χ1n) is 13.5. The molecule has 1 aromatic carbocycles. The van der Waals surface area contributed by atoms with Crippen molar-refractivity contribution in [3.05, 3.63) is 42.2 Å². The highest BCUT2D eigenvalue weighted by Gasteiger charge is 2.30. The number of nitrogens with zero attached hydrogens (tertiary/aromatic N) is 6. The number of nitrogens with one attached hydrogen (secondary N) is 1. The van der Waals surface area contributed by atoms with Gasteiger partial charge in [0.1, 0.15) is 23.9 Å². The van der Waals surface area contributed by atoms with Crippen LogP contribution in [0.5, 0.6) is 0 Å². The van der Waals surface area contributed by atoms with Crippen LogP contribution in [0.4, 0.5) is 5.82 Å². The molecule has 1 saturated heterocycles. The van der Waals surface area contributed by atoms with Gasteiger partial charge in [-0.25, -0.2) is 19.9 Å². The largest absolute Gasteiger partial charge is 0.382 e. The number of fused-ring (bicyclic) bond motifs is 2. The SMILES string of the molecule is CC(C)N(CCCCc1nc2ccc(C(C)(C)C)cc2[nH]1)CC1CC[C@H](n2cnc3c(N)ncnc32)O1. The standard InChI is InChI=1S/C28H40N8O/c1-18(2)35(13-7-6-8-23-33-21-11-9-19(28(3,4)5)14-22(21)34-23)15-20-10-12-24(37-20)36-17-32-25-26(29)30-16-31-27(25)36/h9,11,14,16-18,20,24H,6-8,10,12-13,15H2,1-5H3,(H,33,34)(H2,29,30,31)/t20?,24-/m1/s1. The van der Waals surface area contributed by atoms with E-state index in [4.69, 9.17) is 15.5 Å². The Morgan fingerprint density at radius 2 is 2.00 bits per heavy atom. The van der Waals surface area contributed by atoms with Crippen LogP contribution in [-0.2, 0) is 16.6 Å². The second-order valence-electron chi connectivity index (χ2n) is 11.6. The van der Waals surface area contributed by atoms with E-state index in [9.17, 15) is 0 Å². The third-order valence-electron chi connectivity index (χ3n) is 7.46. The lowest BCUT2D eigenvalue weighted by atomic mass is 9.87. The molecule has 0 aliphatic carbocycles. The Kier molecular flexibility index (Phi) is 7.18. The molecule has 0 spiro atoms. The number of hydrogen-bond acceptors (Lipinski definition) is 7. The first kappa shape index (κ1) is 25.6. The molecule has 4 heterocycles. The minimum absolute atomic E-state index is 0.0646. The number of aromatic nitrogens is 6. The molecule has 3 N–H and O–H groups in total. The van der Waals surface area contributed by atoms with Gasteiger partial charge >= 0.3 is 0 Å². The van der Waals surface area contributed by atoms with Crippen molar-refractivity contribution in [2.45, 2.75) is 90.5 Å². The molecule has 1 unspecified atom stereocenters. The van der Waals surface area contributed by atoms with Gasteiger partial charge in [0.25, 0.3) is 0 Å². The number of anilines is 1. The van der Waals surface area contributed by atoms with Gasteiger partial charge in [0.2, 0.25) is 0 Å². The molecule has 9 nitrogen and oxygen atoms in total. The van der Waals surface area contributed by atoms with Gasteiger partial charge in [-0.1, -0.05) is 26.8 Å². The van der Waals surface area contributed by atoms with Crippen molar-refractivity contribution in [3.8, 4) is 0 Å². The van der Waals surface area contributed by atoms with E-state index >= 15 is 0 Å². The van der Waals surface area contributed by atoms with E-state index in [1.54, 1.807) is 6.33 Å². The summed E-state index contributed by atoms with van der Waals surface area (Å²) in [6, 6.07) is 7.04. The first-order valence-corrected chi connectivity index (χ1v) is 13.5. The van der Waals surface area contributed by atoms with E-state index in [1.165, 1.54) is 11.9 Å². The number of nitrogens with two attached hydrogens (primary N) is 1. The number of unbranched alkanes of at least 4 members (excludes halogenated alkanes) is 1. The molecule has 1 aliphatic heterocycles. The monoisotopic (exact) mass is 504 g/mol. The fraction of sp³-hybridized carbons (Fsp3) is 0.571. The minimum Gasteiger partial charge on any atom is -0.382 e. The van der Waals surface area contributed by atoms with Crippen molar-refractivity contribution in [1.82, 2.24) is 34.4 Å². The summed E-state index contributed by atoms with van der Waals surface area (Å²) in [6.07, 6.45) is 8.53. The summed E-state index contributed by atoms with van der Waals surface area (Å²) in [5.41, 5.74) is 11.0. The second kappa shape index (κ2) is 10.4. The molecule has 0 amide bonds. The summed E-state index contributed by atoms with van der Waals surface area (Å²) < 4.78 is 8.43. The van der Waals surface area contributed by atoms with Crippen LogP contribution in [0.3, 0.4) is 0 Å². The normalized spacial score (nSPS) is 18.7. The van der Waals surface area contributed by atoms with Gasteiger partial charge in [-0.2, -0.15) is 0 Å². The van der Waals surface area contributed by atoms with Gasteiger partial charge in [-0.05, 0) is 69.2 Å². The van der Waals surface area contributed by atoms with Crippen molar-refractivity contribution >= 4 is 28.0 Å². The Hall–Kier alpha value is -3.04. The summed E-state index contributed by atoms with van der Waals surface area (Å²) >= 11 is 0. The number of ether oxygens (including phenoxy) is 1. The number of hydrogen-bond donors (Lipinski definition) is 2. The van der Waals surface area contributed by atoms with Crippen LogP contribution in [0.15, 0.2) is 30.9 Å². The Labute approximate surface area is 218 Å². The maximum absolute atomic E-state index is 6.44. The van der Waals surface area contributed by atoms with E-state index in [1.807, 2.05) is 4.57 Å². The number of nitrogen functional groups attached to an aromatic ring is 1. The zero-order valence-corrected chi connectivity index (χ0v) is 22.7. The lowest BCUT2D eigenvalue weighted by Gasteiger charge is -2.29. The van der Waals surface area contributed by atoms with Crippen LogP contribution in [0.25, 0.3) is 22.2 Å². The number of aryl methyl sites for hydroxylation is 1. The molecular formula is C28H40N8O. The molecule has 1 fully saturated rings. The van der Waals surface area contributed by atoms with Crippen LogP contribution in [0.1, 0.15) is 77.9 Å². The Morgan fingerprint density at radius 1 is 1.16 bits per heavy atom. The van der Waals surface area contributed by atoms with Gasteiger partial charge in [0.05, 0.1) is 23.5 Å². The van der Waals surface area contributed by atoms with Crippen LogP contribution in [0, 0.1) is 0 Å². The Balaban J connectivity index is 1.13. The highest BCUT2D eigenvalue weighted by Crippen LogP contribution is 2.32. The maximum Gasteiger partial charge on any atom is 0.167 e. The predicted molar refractivity (Wildman–Crippen MR) is 147 cm³/mol. The molecule has 1 aliphatic rings. The molecule has 5 rings (SSSR count). The van der Waals surface area contributed by atoms with Crippen molar-refractivity contribution in [3.63, 3.8) is 0 Å². The fourth-order valence-corrected chi connectivity index (χ4v) is 5.18. The molecule has 3 aromatic heterocycles. The second-order valence-corrected chi connectivity index (χ2v) is 11.6. The molecule has 0 radical (unpaired) electrons. The van der Waals surface area contributed by atoms with Crippen LogP contribution >= 0.6 is 0 Å². The predicted octanol–water partition coefficient (Wildman–Crippen LogP) is 4.99. The average Bonchev–Trinajstić information content (AvgIpc) is 3.57. The van der Waals surface area contributed by atoms with Crippen molar-refractivity contribution < 1.29 is 4.74 Å². The molecule has 0 bridgehead atoms. The molecule has 0 saturated carbocycles. The Morgan fingerprint density at radius 3 is 2.78 bits per heavy atom. The van der Waals surface area contributed by atoms with Crippen LogP contribution in [0.2, 0.25) is 0 Å². The van der Waals surface area contributed by atoms with Gasteiger partial charge in [-0.3, -0.25) is 9.47 Å². The average molecular weight is 505 g/mol. The highest BCUT2D eigenvalue weighted by molar-refractivity contribution is 5.81. The number of imidazole rings is 2. The number of H-pyrrole nitrogens is 1. The lowest BCUT2D eigenvalue weighted by molar-refractivity contribution is -0.0160. The van der Waals surface area contributed by atoms with Gasteiger partial charge in [-0.15, -0.1) is 0 Å². The quantitative estimate of drug-likeness (QED) is 0.309. The summed E-state index contributed by atoms with van der Waals surface area (Å²) in [5.74, 6) is 1.48. The van der Waals surface area contributed by atoms with E-state index in [2.05, 4.69) is 77.7 Å². The van der Waals surface area contributed by atoms with Crippen LogP contribution < -0.4 is 5.73 Å². The fourth-order valence-electron chi connectivity index (χ4n) is 5.18. The molecule has 4 aromatic rings. The van der Waals surface area contributed by atoms with E-state index < -0.39 is 0 Å². The number of benzene rings is 1. The zero-order chi connectivity index (χ0) is 26.2. The summed E-state index contributed by atoms with van der Waals surface area (Å²) in [5, 5.41) is 0. The van der Waals surface area contributed by atoms with Crippen molar-refractivity contribution in [2.24, 2.45) is 0 Å². The molecule has 9 heteroatoms. The van der Waals surface area contributed by atoms with Gasteiger partial charge in [0.15, 0.2) is 11.5 Å². The first-order chi connectivity index (χ1) is 17.7. The minimum atomic E-state index is -0.0646. The summed E-state index contributed by atoms with van der Waals surface area (Å²) in [7, 11) is 0. The third kappa shape index (κ3) is 5.62. The number of rotatable bonds is 9. The smallest absolute Gasteiger partial charge is 0.167 e. The highest BCUT2D eigenvalue weighted by atomic mass is 16.5. The van der Waals surface area contributed by atoms with E-state index in [-0.39, 0.29) is 17.7 Å². The number of aromatic amines is 1. The van der Waals surface area contributed by atoms with Gasteiger partial charge < -0.3 is 15.5 Å². The molecule has 198 valence electrons. The van der Waals surface area contributed by atoms with E-state index in [0.717, 1.165) is 67.7 Å². The zero-order valence-electron chi connectivity index (χ0n) is 22.7. The van der Waals surface area contributed by atoms with Crippen LogP contribution in [-0.4, -0.2) is 59.6 Å². The lowest BCUT2D eigenvalue weighted by Crippen LogP contribution is -2.38. The third-order valence-corrected chi connectivity index (χ3v) is 7.46. The van der Waals surface area contributed by atoms with Crippen molar-refractivity contribution in [1.29, 1.82) is 0 Å². The van der Waals surface area contributed by atoms with E-state index in [0.29, 0.717) is 17.4 Å². The molecule has 2 atom stereocenters. The molecule has 37 heavy (non-hydrogen) atoms. The van der Waals surface area contributed by atoms with Crippen molar-refractivity contribution in [2.75, 3.05) is 18.8 Å². The van der Waals surface area contributed by atoms with Gasteiger partial charge in [0, 0.05) is 19.0 Å². The Bertz CT molecular complexity index is 1350. The topological polar surface area (TPSA) is 111 Å². The maximum atomic E-state index is 6.44.